The molecule has 0 radical (unpaired) electrons. The molecule has 1 aromatic heterocycles. The molecule has 0 aliphatic heterocycles. The van der Waals surface area contributed by atoms with Gasteiger partial charge >= 0.3 is 0 Å². The molecule has 2 heteroatoms. The Morgan fingerprint density at radius 2 is 1.26 bits per heavy atom. The van der Waals surface area contributed by atoms with Gasteiger partial charge in [-0.25, -0.2) is 0 Å². The van der Waals surface area contributed by atoms with Crippen LogP contribution in [0.3, 0.4) is 0 Å². The van der Waals surface area contributed by atoms with E-state index in [2.05, 4.69) is 96.4 Å². The fourth-order valence-electron chi connectivity index (χ4n) is 3.28. The van der Waals surface area contributed by atoms with E-state index < -0.39 is 0 Å². The first-order valence-corrected chi connectivity index (χ1v) is 9.53. The number of hydrogen-bond acceptors (Lipinski definition) is 1. The standard InChI is InChI=1S/C25H21NS/c1-19-12-14-20(15-13-19)18-26-24(22-10-6-3-7-11-22)16-23(17-25(26)27)21-8-4-2-5-9-21/h2-17H,18H2,1H3. The van der Waals surface area contributed by atoms with Gasteiger partial charge in [0.2, 0.25) is 0 Å². The van der Waals surface area contributed by atoms with Crippen molar-refractivity contribution in [3.8, 4) is 22.4 Å². The average molecular weight is 368 g/mol. The van der Waals surface area contributed by atoms with Crippen LogP contribution in [0.15, 0.2) is 97.1 Å². The summed E-state index contributed by atoms with van der Waals surface area (Å²) >= 11 is 5.81. The smallest absolute Gasteiger partial charge is 0.107 e. The zero-order valence-electron chi connectivity index (χ0n) is 15.3. The third-order valence-electron chi connectivity index (χ3n) is 4.77. The number of hydrogen-bond donors (Lipinski definition) is 0. The monoisotopic (exact) mass is 367 g/mol. The van der Waals surface area contributed by atoms with Gasteiger partial charge in [0.25, 0.3) is 0 Å². The normalized spacial score (nSPS) is 10.7. The topological polar surface area (TPSA) is 4.93 Å². The fraction of sp³-hybridized carbons (Fsp3) is 0.0800. The minimum atomic E-state index is 0.762. The van der Waals surface area contributed by atoms with E-state index >= 15 is 0 Å². The molecule has 0 N–H and O–H groups in total. The SMILES string of the molecule is Cc1ccc(Cn2c(-c3ccccc3)cc(-c3ccccc3)cc2=S)cc1. The molecule has 4 rings (SSSR count). The zero-order chi connectivity index (χ0) is 18.6. The van der Waals surface area contributed by atoms with E-state index in [1.807, 2.05) is 12.1 Å². The Morgan fingerprint density at radius 1 is 0.667 bits per heavy atom. The molecule has 3 aromatic carbocycles. The summed E-state index contributed by atoms with van der Waals surface area (Å²) in [6.07, 6.45) is 0. The largest absolute Gasteiger partial charge is 0.328 e. The Balaban J connectivity index is 1.87. The predicted octanol–water partition coefficient (Wildman–Crippen LogP) is 6.91. The van der Waals surface area contributed by atoms with E-state index in [1.165, 1.54) is 22.3 Å². The molecule has 0 spiro atoms. The van der Waals surface area contributed by atoms with E-state index in [4.69, 9.17) is 12.2 Å². The second-order valence-corrected chi connectivity index (χ2v) is 7.19. The third-order valence-corrected chi connectivity index (χ3v) is 5.10. The molecule has 4 aromatic rings. The molecule has 0 bridgehead atoms. The summed E-state index contributed by atoms with van der Waals surface area (Å²) in [4.78, 5) is 0. The number of aromatic nitrogens is 1. The quantitative estimate of drug-likeness (QED) is 0.355. The van der Waals surface area contributed by atoms with Crippen LogP contribution in [-0.4, -0.2) is 4.57 Å². The highest BCUT2D eigenvalue weighted by molar-refractivity contribution is 7.71. The fourth-order valence-corrected chi connectivity index (χ4v) is 3.57. The zero-order valence-corrected chi connectivity index (χ0v) is 16.1. The van der Waals surface area contributed by atoms with Gasteiger partial charge in [0, 0.05) is 12.2 Å². The van der Waals surface area contributed by atoms with E-state index in [0.717, 1.165) is 22.4 Å². The Hall–Kier alpha value is -2.97. The van der Waals surface area contributed by atoms with E-state index in [1.54, 1.807) is 0 Å². The van der Waals surface area contributed by atoms with Gasteiger partial charge < -0.3 is 4.57 Å². The molecule has 0 amide bonds. The summed E-state index contributed by atoms with van der Waals surface area (Å²) in [5.41, 5.74) is 7.17. The number of nitrogens with zero attached hydrogens (tertiary/aromatic N) is 1. The molecular weight excluding hydrogens is 346 g/mol. The summed E-state index contributed by atoms with van der Waals surface area (Å²) in [5.74, 6) is 0. The molecule has 0 atom stereocenters. The first-order chi connectivity index (χ1) is 13.2. The highest BCUT2D eigenvalue weighted by Gasteiger charge is 2.09. The molecule has 0 saturated heterocycles. The van der Waals surface area contributed by atoms with Gasteiger partial charge in [-0.05, 0) is 41.3 Å². The summed E-state index contributed by atoms with van der Waals surface area (Å²) < 4.78 is 3.07. The van der Waals surface area contributed by atoms with Gasteiger partial charge in [0.15, 0.2) is 0 Å². The lowest BCUT2D eigenvalue weighted by molar-refractivity contribution is 0.788. The van der Waals surface area contributed by atoms with Gasteiger partial charge in [-0.1, -0.05) is 103 Å². The maximum atomic E-state index is 5.81. The molecule has 1 nitrogen and oxygen atoms in total. The lowest BCUT2D eigenvalue weighted by atomic mass is 10.0. The highest BCUT2D eigenvalue weighted by Crippen LogP contribution is 2.28. The van der Waals surface area contributed by atoms with Crippen molar-refractivity contribution in [1.82, 2.24) is 4.57 Å². The lowest BCUT2D eigenvalue weighted by Crippen LogP contribution is -2.06. The van der Waals surface area contributed by atoms with E-state index in [9.17, 15) is 0 Å². The molecule has 0 aliphatic carbocycles. The van der Waals surface area contributed by atoms with E-state index in [0.29, 0.717) is 0 Å². The van der Waals surface area contributed by atoms with Crippen molar-refractivity contribution < 1.29 is 0 Å². The maximum Gasteiger partial charge on any atom is 0.107 e. The van der Waals surface area contributed by atoms with Gasteiger partial charge in [-0.3, -0.25) is 0 Å². The van der Waals surface area contributed by atoms with Crippen LogP contribution in [0.5, 0.6) is 0 Å². The molecule has 0 aliphatic rings. The molecule has 0 fully saturated rings. The second-order valence-electron chi connectivity index (χ2n) is 6.77. The predicted molar refractivity (Wildman–Crippen MR) is 116 cm³/mol. The summed E-state index contributed by atoms with van der Waals surface area (Å²) in [5, 5.41) is 0. The van der Waals surface area contributed by atoms with Gasteiger partial charge in [0.05, 0.1) is 0 Å². The van der Waals surface area contributed by atoms with Crippen molar-refractivity contribution >= 4 is 12.2 Å². The Morgan fingerprint density at radius 3 is 1.89 bits per heavy atom. The Bertz CT molecular complexity index is 1090. The van der Waals surface area contributed by atoms with Gasteiger partial charge in [0.1, 0.15) is 4.64 Å². The van der Waals surface area contributed by atoms with E-state index in [-0.39, 0.29) is 0 Å². The first kappa shape index (κ1) is 17.4. The summed E-state index contributed by atoms with van der Waals surface area (Å²) in [6, 6.07) is 33.9. The van der Waals surface area contributed by atoms with Crippen LogP contribution >= 0.6 is 12.2 Å². The van der Waals surface area contributed by atoms with Crippen LogP contribution in [-0.2, 0) is 6.54 Å². The Labute approximate surface area is 165 Å². The second kappa shape index (κ2) is 7.73. The number of aryl methyl sites for hydroxylation is 1. The average Bonchev–Trinajstić information content (AvgIpc) is 2.72. The van der Waals surface area contributed by atoms with Crippen LogP contribution in [0.4, 0.5) is 0 Å². The van der Waals surface area contributed by atoms with Crippen LogP contribution in [0, 0.1) is 11.6 Å². The van der Waals surface area contributed by atoms with Crippen LogP contribution in [0.1, 0.15) is 11.1 Å². The lowest BCUT2D eigenvalue weighted by Gasteiger charge is -2.17. The van der Waals surface area contributed by atoms with Crippen LogP contribution < -0.4 is 0 Å². The van der Waals surface area contributed by atoms with Crippen LogP contribution in [0.25, 0.3) is 22.4 Å². The molecule has 0 unspecified atom stereocenters. The molecule has 27 heavy (non-hydrogen) atoms. The molecular formula is C25H21NS. The van der Waals surface area contributed by atoms with Crippen LogP contribution in [0.2, 0.25) is 0 Å². The molecule has 0 saturated carbocycles. The minimum Gasteiger partial charge on any atom is -0.328 e. The molecule has 1 heterocycles. The highest BCUT2D eigenvalue weighted by atomic mass is 32.1. The summed E-state index contributed by atoms with van der Waals surface area (Å²) in [6.45, 7) is 2.87. The Kier molecular flexibility index (Phi) is 4.99. The van der Waals surface area contributed by atoms with Crippen molar-refractivity contribution in [3.05, 3.63) is 113 Å². The number of pyridine rings is 1. The van der Waals surface area contributed by atoms with Crippen molar-refractivity contribution in [3.63, 3.8) is 0 Å². The maximum absolute atomic E-state index is 5.81. The van der Waals surface area contributed by atoms with Crippen molar-refractivity contribution in [2.24, 2.45) is 0 Å². The van der Waals surface area contributed by atoms with Gasteiger partial charge in [-0.15, -0.1) is 0 Å². The summed E-state index contributed by atoms with van der Waals surface area (Å²) in [7, 11) is 0. The first-order valence-electron chi connectivity index (χ1n) is 9.12. The third kappa shape index (κ3) is 3.91. The van der Waals surface area contributed by atoms with Gasteiger partial charge in [-0.2, -0.15) is 0 Å². The van der Waals surface area contributed by atoms with Crippen molar-refractivity contribution in [1.29, 1.82) is 0 Å². The number of benzene rings is 3. The van der Waals surface area contributed by atoms with Crippen molar-refractivity contribution in [2.45, 2.75) is 13.5 Å². The number of rotatable bonds is 4. The minimum absolute atomic E-state index is 0.762. The van der Waals surface area contributed by atoms with Crippen molar-refractivity contribution in [2.75, 3.05) is 0 Å². The molecule has 132 valence electrons.